The smallest absolute Gasteiger partial charge is 0.303 e. The second-order valence-electron chi connectivity index (χ2n) is 2.80. The summed E-state index contributed by atoms with van der Waals surface area (Å²) in [5, 5.41) is 8.29. The largest absolute Gasteiger partial charge is 0.481 e. The highest BCUT2D eigenvalue weighted by molar-refractivity contribution is 7.90. The molecule has 0 heterocycles. The minimum Gasteiger partial charge on any atom is -0.481 e. The fourth-order valence-corrected chi connectivity index (χ4v) is 2.03. The Labute approximate surface area is 66.1 Å². The van der Waals surface area contributed by atoms with Crippen LogP contribution >= 0.6 is 0 Å². The minimum atomic E-state index is -3.03. The number of hydrogen-bond donors (Lipinski definition) is 1. The summed E-state index contributed by atoms with van der Waals surface area (Å²) in [4.78, 5) is 10.1. The molecule has 0 aliphatic heterocycles. The standard InChI is InChI=1S/C6H12O4S/c1-5(3-6(7)8)4-11(2,9)10/h5H,3-4H2,1-2H3,(H,7,8). The Morgan fingerprint density at radius 1 is 1.55 bits per heavy atom. The van der Waals surface area contributed by atoms with Crippen LogP contribution in [0.4, 0.5) is 0 Å². The Hall–Kier alpha value is -0.580. The number of rotatable bonds is 4. The van der Waals surface area contributed by atoms with Crippen molar-refractivity contribution in [3.8, 4) is 0 Å². The van der Waals surface area contributed by atoms with E-state index in [0.29, 0.717) is 0 Å². The van der Waals surface area contributed by atoms with Crippen LogP contribution in [0.25, 0.3) is 0 Å². The Morgan fingerprint density at radius 2 is 2.00 bits per heavy atom. The van der Waals surface area contributed by atoms with E-state index < -0.39 is 15.8 Å². The van der Waals surface area contributed by atoms with E-state index in [1.165, 1.54) is 0 Å². The zero-order valence-electron chi connectivity index (χ0n) is 6.57. The predicted octanol–water partition coefficient (Wildman–Crippen LogP) is 0.142. The van der Waals surface area contributed by atoms with Crippen LogP contribution in [0.2, 0.25) is 0 Å². The molecule has 0 aromatic heterocycles. The van der Waals surface area contributed by atoms with Crippen LogP contribution in [-0.2, 0) is 14.6 Å². The third kappa shape index (κ3) is 7.32. The van der Waals surface area contributed by atoms with E-state index in [0.717, 1.165) is 6.26 Å². The van der Waals surface area contributed by atoms with Crippen LogP contribution in [0.3, 0.4) is 0 Å². The van der Waals surface area contributed by atoms with E-state index in [1.54, 1.807) is 6.92 Å². The van der Waals surface area contributed by atoms with E-state index >= 15 is 0 Å². The lowest BCUT2D eigenvalue weighted by molar-refractivity contribution is -0.137. The maximum atomic E-state index is 10.6. The molecule has 5 heteroatoms. The number of carbonyl (C=O) groups is 1. The summed E-state index contributed by atoms with van der Waals surface area (Å²) in [5.74, 6) is -1.32. The summed E-state index contributed by atoms with van der Waals surface area (Å²) < 4.78 is 21.3. The van der Waals surface area contributed by atoms with Gasteiger partial charge in [0.2, 0.25) is 0 Å². The fourth-order valence-electron chi connectivity index (χ4n) is 0.874. The molecule has 0 aromatic carbocycles. The van der Waals surface area contributed by atoms with Crippen molar-refractivity contribution in [1.29, 1.82) is 0 Å². The molecule has 66 valence electrons. The van der Waals surface area contributed by atoms with E-state index in [9.17, 15) is 13.2 Å². The molecule has 4 nitrogen and oxygen atoms in total. The molecule has 0 amide bonds. The molecule has 0 fully saturated rings. The minimum absolute atomic E-state index is 0.0563. The maximum Gasteiger partial charge on any atom is 0.303 e. The number of carboxylic acids is 1. The Morgan fingerprint density at radius 3 is 2.27 bits per heavy atom. The van der Waals surface area contributed by atoms with Crippen LogP contribution in [0, 0.1) is 5.92 Å². The lowest BCUT2D eigenvalue weighted by atomic mass is 10.1. The van der Waals surface area contributed by atoms with Gasteiger partial charge in [-0.1, -0.05) is 6.92 Å². The highest BCUT2D eigenvalue weighted by atomic mass is 32.2. The molecule has 11 heavy (non-hydrogen) atoms. The van der Waals surface area contributed by atoms with Crippen molar-refractivity contribution in [3.63, 3.8) is 0 Å². The normalized spacial score (nSPS) is 14.4. The quantitative estimate of drug-likeness (QED) is 0.668. The van der Waals surface area contributed by atoms with Crippen LogP contribution in [0.15, 0.2) is 0 Å². The molecular formula is C6H12O4S. The van der Waals surface area contributed by atoms with Crippen LogP contribution in [0.5, 0.6) is 0 Å². The average molecular weight is 180 g/mol. The molecule has 0 saturated heterocycles. The zero-order chi connectivity index (χ0) is 9.07. The summed E-state index contributed by atoms with van der Waals surface area (Å²) in [6.45, 7) is 1.61. The molecule has 1 N–H and O–H groups in total. The first-order valence-electron chi connectivity index (χ1n) is 3.21. The Bertz CT molecular complexity index is 229. The van der Waals surface area contributed by atoms with Gasteiger partial charge >= 0.3 is 5.97 Å². The van der Waals surface area contributed by atoms with Crippen molar-refractivity contribution >= 4 is 15.8 Å². The van der Waals surface area contributed by atoms with Crippen LogP contribution in [0.1, 0.15) is 13.3 Å². The highest BCUT2D eigenvalue weighted by Gasteiger charge is 2.13. The van der Waals surface area contributed by atoms with Gasteiger partial charge in [-0.15, -0.1) is 0 Å². The third-order valence-corrected chi connectivity index (χ3v) is 2.28. The van der Waals surface area contributed by atoms with Crippen molar-refractivity contribution in [3.05, 3.63) is 0 Å². The van der Waals surface area contributed by atoms with Gasteiger partial charge in [0, 0.05) is 12.7 Å². The molecular weight excluding hydrogens is 168 g/mol. The monoisotopic (exact) mass is 180 g/mol. The van der Waals surface area contributed by atoms with E-state index in [-0.39, 0.29) is 18.1 Å². The van der Waals surface area contributed by atoms with Gasteiger partial charge in [-0.05, 0) is 5.92 Å². The SMILES string of the molecule is CC(CC(=O)O)CS(C)(=O)=O. The number of aliphatic carboxylic acids is 1. The van der Waals surface area contributed by atoms with Crippen molar-refractivity contribution in [2.75, 3.05) is 12.0 Å². The Kier molecular flexibility index (Phi) is 3.51. The van der Waals surface area contributed by atoms with Crippen molar-refractivity contribution in [2.45, 2.75) is 13.3 Å². The third-order valence-electron chi connectivity index (χ3n) is 1.11. The number of carboxylic acid groups (broad SMARTS) is 1. The van der Waals surface area contributed by atoms with Gasteiger partial charge in [0.05, 0.1) is 5.75 Å². The second kappa shape index (κ2) is 3.71. The van der Waals surface area contributed by atoms with E-state index in [4.69, 9.17) is 5.11 Å². The number of hydrogen-bond acceptors (Lipinski definition) is 3. The topological polar surface area (TPSA) is 71.4 Å². The average Bonchev–Trinajstić information content (AvgIpc) is 1.53. The summed E-state index contributed by atoms with van der Waals surface area (Å²) in [7, 11) is -3.03. The molecule has 0 rings (SSSR count). The second-order valence-corrected chi connectivity index (χ2v) is 4.98. The molecule has 0 saturated carbocycles. The molecule has 0 aliphatic rings. The lowest BCUT2D eigenvalue weighted by Crippen LogP contribution is -2.15. The first kappa shape index (κ1) is 10.4. The van der Waals surface area contributed by atoms with Crippen LogP contribution in [-0.4, -0.2) is 31.5 Å². The molecule has 0 aromatic rings. The molecule has 0 aliphatic carbocycles. The summed E-state index contributed by atoms with van der Waals surface area (Å²) >= 11 is 0. The molecule has 1 atom stereocenters. The maximum absolute atomic E-state index is 10.6. The predicted molar refractivity (Wildman–Crippen MR) is 41.1 cm³/mol. The van der Waals surface area contributed by atoms with Gasteiger partial charge in [-0.25, -0.2) is 8.42 Å². The van der Waals surface area contributed by atoms with E-state index in [1.807, 2.05) is 0 Å². The lowest BCUT2D eigenvalue weighted by Gasteiger charge is -2.04. The first-order chi connectivity index (χ1) is 4.81. The van der Waals surface area contributed by atoms with Crippen molar-refractivity contribution in [1.82, 2.24) is 0 Å². The van der Waals surface area contributed by atoms with Gasteiger partial charge in [0.15, 0.2) is 0 Å². The first-order valence-corrected chi connectivity index (χ1v) is 5.27. The zero-order valence-corrected chi connectivity index (χ0v) is 7.39. The highest BCUT2D eigenvalue weighted by Crippen LogP contribution is 2.04. The fraction of sp³-hybridized carbons (Fsp3) is 0.833. The van der Waals surface area contributed by atoms with Crippen molar-refractivity contribution < 1.29 is 18.3 Å². The van der Waals surface area contributed by atoms with Gasteiger partial charge in [-0.3, -0.25) is 4.79 Å². The van der Waals surface area contributed by atoms with E-state index in [2.05, 4.69) is 0 Å². The summed E-state index contributed by atoms with van der Waals surface area (Å²) in [6, 6.07) is 0. The number of sulfone groups is 1. The molecule has 0 radical (unpaired) electrons. The van der Waals surface area contributed by atoms with Gasteiger partial charge in [0.25, 0.3) is 0 Å². The molecule has 0 bridgehead atoms. The Balaban J connectivity index is 3.89. The van der Waals surface area contributed by atoms with Gasteiger partial charge in [-0.2, -0.15) is 0 Å². The summed E-state index contributed by atoms with van der Waals surface area (Å²) in [5.41, 5.74) is 0. The van der Waals surface area contributed by atoms with Crippen molar-refractivity contribution in [2.24, 2.45) is 5.92 Å². The van der Waals surface area contributed by atoms with Gasteiger partial charge in [0.1, 0.15) is 9.84 Å². The molecule has 1 unspecified atom stereocenters. The van der Waals surface area contributed by atoms with Gasteiger partial charge < -0.3 is 5.11 Å². The van der Waals surface area contributed by atoms with Crippen LogP contribution < -0.4 is 0 Å². The molecule has 0 spiro atoms. The summed E-state index contributed by atoms with van der Waals surface area (Å²) in [6.07, 6.45) is 1.01.